The first-order valence-electron chi connectivity index (χ1n) is 8.22. The lowest BCUT2D eigenvalue weighted by Gasteiger charge is -2.16. The molecule has 7 heteroatoms. The third-order valence-corrected chi connectivity index (χ3v) is 4.72. The Bertz CT molecular complexity index is 1170. The Labute approximate surface area is 143 Å². The zero-order valence-corrected chi connectivity index (χ0v) is 13.4. The van der Waals surface area contributed by atoms with Gasteiger partial charge in [-0.3, -0.25) is 4.40 Å². The van der Waals surface area contributed by atoms with Crippen molar-refractivity contribution in [3.8, 4) is 6.07 Å². The van der Waals surface area contributed by atoms with E-state index < -0.39 is 0 Å². The van der Waals surface area contributed by atoms with Gasteiger partial charge in [0.25, 0.3) is 0 Å². The molecule has 1 aliphatic rings. The zero-order valence-electron chi connectivity index (χ0n) is 13.4. The summed E-state index contributed by atoms with van der Waals surface area (Å²) < 4.78 is 1.95. The van der Waals surface area contributed by atoms with Crippen molar-refractivity contribution in [2.75, 3.05) is 18.0 Å². The summed E-state index contributed by atoms with van der Waals surface area (Å²) in [4.78, 5) is 16.0. The van der Waals surface area contributed by atoms with Crippen molar-refractivity contribution in [2.24, 2.45) is 5.73 Å². The number of hydrogen-bond donors (Lipinski definition) is 1. The number of nitrogens with two attached hydrogens (primary N) is 1. The van der Waals surface area contributed by atoms with Gasteiger partial charge in [-0.15, -0.1) is 0 Å². The van der Waals surface area contributed by atoms with Gasteiger partial charge in [-0.2, -0.15) is 10.2 Å². The lowest BCUT2D eigenvalue weighted by Crippen LogP contribution is -2.27. The van der Waals surface area contributed by atoms with Crippen LogP contribution in [-0.2, 0) is 0 Å². The Morgan fingerprint density at radius 3 is 2.88 bits per heavy atom. The van der Waals surface area contributed by atoms with Crippen LogP contribution in [0.4, 0.5) is 5.95 Å². The van der Waals surface area contributed by atoms with E-state index in [-0.39, 0.29) is 6.04 Å². The molecule has 4 aromatic rings. The van der Waals surface area contributed by atoms with E-state index in [0.29, 0.717) is 17.2 Å². The summed E-state index contributed by atoms with van der Waals surface area (Å²) in [6.07, 6.45) is 2.72. The van der Waals surface area contributed by atoms with Crippen LogP contribution in [0.15, 0.2) is 36.5 Å². The standard InChI is InChI=1S/C18H15N7/c19-8-11-7-12-9-21-18(24-6-5-13(20)10-24)23-17(12)25-15-4-2-1-3-14(15)22-16(11)25/h1-4,7,9,13H,5-6,10,20H2. The van der Waals surface area contributed by atoms with Crippen molar-refractivity contribution in [3.63, 3.8) is 0 Å². The number of nitrogens with zero attached hydrogens (tertiary/aromatic N) is 6. The number of imidazole rings is 1. The maximum atomic E-state index is 9.51. The van der Waals surface area contributed by atoms with Crippen LogP contribution in [-0.4, -0.2) is 38.5 Å². The highest BCUT2D eigenvalue weighted by Gasteiger charge is 2.22. The van der Waals surface area contributed by atoms with Gasteiger partial charge in [-0.05, 0) is 24.6 Å². The van der Waals surface area contributed by atoms with Crippen molar-refractivity contribution in [2.45, 2.75) is 12.5 Å². The van der Waals surface area contributed by atoms with Crippen LogP contribution in [0.3, 0.4) is 0 Å². The highest BCUT2D eigenvalue weighted by molar-refractivity contribution is 5.91. The van der Waals surface area contributed by atoms with Gasteiger partial charge in [0.15, 0.2) is 11.3 Å². The van der Waals surface area contributed by atoms with Crippen molar-refractivity contribution in [1.29, 1.82) is 5.26 Å². The second-order valence-electron chi connectivity index (χ2n) is 6.37. The highest BCUT2D eigenvalue weighted by atomic mass is 15.3. The number of rotatable bonds is 1. The second-order valence-corrected chi connectivity index (χ2v) is 6.37. The van der Waals surface area contributed by atoms with Crippen LogP contribution in [0.25, 0.3) is 27.7 Å². The molecule has 1 atom stereocenters. The molecular weight excluding hydrogens is 314 g/mol. The average molecular weight is 329 g/mol. The van der Waals surface area contributed by atoms with Gasteiger partial charge in [0.2, 0.25) is 5.95 Å². The Morgan fingerprint density at radius 1 is 1.20 bits per heavy atom. The van der Waals surface area contributed by atoms with Gasteiger partial charge < -0.3 is 10.6 Å². The van der Waals surface area contributed by atoms with Gasteiger partial charge in [0.1, 0.15) is 6.07 Å². The third-order valence-electron chi connectivity index (χ3n) is 4.72. The van der Waals surface area contributed by atoms with E-state index >= 15 is 0 Å². The molecule has 0 saturated carbocycles. The van der Waals surface area contributed by atoms with Gasteiger partial charge in [-0.25, -0.2) is 9.97 Å². The molecule has 0 radical (unpaired) electrons. The lowest BCUT2D eigenvalue weighted by molar-refractivity contribution is 0.750. The van der Waals surface area contributed by atoms with Gasteiger partial charge in [0.05, 0.1) is 16.6 Å². The highest BCUT2D eigenvalue weighted by Crippen LogP contribution is 2.26. The van der Waals surface area contributed by atoms with Gasteiger partial charge in [-0.1, -0.05) is 12.1 Å². The first-order valence-corrected chi connectivity index (χ1v) is 8.22. The summed E-state index contributed by atoms with van der Waals surface area (Å²) in [5, 5.41) is 10.3. The van der Waals surface area contributed by atoms with E-state index in [1.165, 1.54) is 0 Å². The van der Waals surface area contributed by atoms with Crippen LogP contribution in [0.2, 0.25) is 0 Å². The molecular formula is C18H15N7. The molecule has 4 heterocycles. The van der Waals surface area contributed by atoms with E-state index in [4.69, 9.17) is 10.7 Å². The molecule has 1 unspecified atom stereocenters. The lowest BCUT2D eigenvalue weighted by atomic mass is 10.2. The number of nitriles is 1. The summed E-state index contributed by atoms with van der Waals surface area (Å²) in [7, 11) is 0. The minimum Gasteiger partial charge on any atom is -0.339 e. The summed E-state index contributed by atoms with van der Waals surface area (Å²) in [5.74, 6) is 0.671. The van der Waals surface area contributed by atoms with Gasteiger partial charge in [0, 0.05) is 30.7 Å². The normalized spacial score (nSPS) is 17.6. The Balaban J connectivity index is 1.86. The fraction of sp³-hybridized carbons (Fsp3) is 0.222. The van der Waals surface area contributed by atoms with Crippen LogP contribution >= 0.6 is 0 Å². The van der Waals surface area contributed by atoms with Crippen LogP contribution in [0.5, 0.6) is 0 Å². The van der Waals surface area contributed by atoms with E-state index in [9.17, 15) is 5.26 Å². The number of hydrogen-bond acceptors (Lipinski definition) is 6. The second kappa shape index (κ2) is 5.13. The number of benzene rings is 1. The van der Waals surface area contributed by atoms with Crippen molar-refractivity contribution >= 4 is 33.7 Å². The van der Waals surface area contributed by atoms with Crippen LogP contribution in [0.1, 0.15) is 12.0 Å². The number of aromatic nitrogens is 4. The monoisotopic (exact) mass is 329 g/mol. The predicted molar refractivity (Wildman–Crippen MR) is 95.3 cm³/mol. The molecule has 3 aromatic heterocycles. The number of pyridine rings is 1. The topological polar surface area (TPSA) is 96.1 Å². The summed E-state index contributed by atoms with van der Waals surface area (Å²) >= 11 is 0. The fourth-order valence-corrected chi connectivity index (χ4v) is 3.50. The minimum absolute atomic E-state index is 0.161. The third kappa shape index (κ3) is 2.05. The molecule has 0 amide bonds. The smallest absolute Gasteiger partial charge is 0.227 e. The van der Waals surface area contributed by atoms with E-state index in [1.807, 2.05) is 28.7 Å². The molecule has 0 aliphatic carbocycles. The SMILES string of the molecule is N#Cc1cc2cnc(N3CCC(N)C3)nc2n2c1nc1ccccc12. The van der Waals surface area contributed by atoms with Crippen molar-refractivity contribution < 1.29 is 0 Å². The van der Waals surface area contributed by atoms with Crippen LogP contribution < -0.4 is 10.6 Å². The zero-order chi connectivity index (χ0) is 17.0. The van der Waals surface area contributed by atoms with E-state index in [1.54, 1.807) is 12.3 Å². The predicted octanol–water partition coefficient (Wildman–Crippen LogP) is 1.84. The number of fused-ring (bicyclic) bond motifs is 5. The molecule has 1 aromatic carbocycles. The van der Waals surface area contributed by atoms with Crippen molar-refractivity contribution in [3.05, 3.63) is 42.1 Å². The van der Waals surface area contributed by atoms with Gasteiger partial charge >= 0.3 is 0 Å². The molecule has 5 rings (SSSR count). The molecule has 25 heavy (non-hydrogen) atoms. The molecule has 122 valence electrons. The maximum Gasteiger partial charge on any atom is 0.227 e. The van der Waals surface area contributed by atoms with E-state index in [2.05, 4.69) is 20.9 Å². The van der Waals surface area contributed by atoms with Crippen molar-refractivity contribution in [1.82, 2.24) is 19.4 Å². The molecule has 2 N–H and O–H groups in total. The van der Waals surface area contributed by atoms with Crippen LogP contribution in [0, 0.1) is 11.3 Å². The van der Waals surface area contributed by atoms with E-state index in [0.717, 1.165) is 41.6 Å². The quantitative estimate of drug-likeness (QED) is 0.572. The summed E-state index contributed by atoms with van der Waals surface area (Å²) in [6, 6.07) is 12.0. The molecule has 1 aliphatic heterocycles. The molecule has 7 nitrogen and oxygen atoms in total. The molecule has 1 saturated heterocycles. The molecule has 0 spiro atoms. The first-order chi connectivity index (χ1) is 12.2. The number of para-hydroxylation sites is 2. The largest absolute Gasteiger partial charge is 0.339 e. The summed E-state index contributed by atoms with van der Waals surface area (Å²) in [5.41, 5.74) is 9.69. The maximum absolute atomic E-state index is 9.51. The fourth-order valence-electron chi connectivity index (χ4n) is 3.50. The Morgan fingerprint density at radius 2 is 2.08 bits per heavy atom. The molecule has 1 fully saturated rings. The summed E-state index contributed by atoms with van der Waals surface area (Å²) in [6.45, 7) is 1.62. The first kappa shape index (κ1) is 14.1. The Hall–Kier alpha value is -3.24. The molecule has 0 bridgehead atoms. The Kier molecular flexibility index (Phi) is 2.90. The average Bonchev–Trinajstić information content (AvgIpc) is 3.24. The number of anilines is 1. The minimum atomic E-state index is 0.161.